The summed E-state index contributed by atoms with van der Waals surface area (Å²) < 4.78 is 5.52. The number of carbonyl (C=O) groups excluding carboxylic acids is 1. The monoisotopic (exact) mass is 345 g/mol. The molecule has 3 rings (SSSR count). The molecule has 5 nitrogen and oxygen atoms in total. The maximum absolute atomic E-state index is 11.2. The van der Waals surface area contributed by atoms with Crippen LogP contribution in [-0.4, -0.2) is 24.5 Å². The number of para-hydroxylation sites is 1. The molecular weight excluding hydrogens is 326 g/mol. The third-order valence-electron chi connectivity index (χ3n) is 4.71. The summed E-state index contributed by atoms with van der Waals surface area (Å²) >= 11 is 6.21. The molecule has 0 bridgehead atoms. The van der Waals surface area contributed by atoms with Gasteiger partial charge in [0, 0.05) is 23.7 Å². The molecule has 1 aliphatic rings. The van der Waals surface area contributed by atoms with Crippen LogP contribution in [0.1, 0.15) is 35.2 Å². The molecule has 1 fully saturated rings. The summed E-state index contributed by atoms with van der Waals surface area (Å²) in [5.74, 6) is 0.922. The number of pyridine rings is 1. The van der Waals surface area contributed by atoms with Crippen molar-refractivity contribution in [3.05, 3.63) is 52.7 Å². The van der Waals surface area contributed by atoms with Crippen molar-refractivity contribution < 1.29 is 9.53 Å². The Kier molecular flexibility index (Phi) is 4.62. The quantitative estimate of drug-likeness (QED) is 0.841. The number of primary amides is 1. The first-order valence-electron chi connectivity index (χ1n) is 7.88. The maximum atomic E-state index is 11.2. The number of nitrogens with two attached hydrogens (primary N) is 1. The number of aromatic nitrogens is 1. The van der Waals surface area contributed by atoms with Gasteiger partial charge in [0.2, 0.25) is 5.91 Å². The fourth-order valence-corrected chi connectivity index (χ4v) is 3.42. The summed E-state index contributed by atoms with van der Waals surface area (Å²) in [5.41, 5.74) is 6.76. The lowest BCUT2D eigenvalue weighted by molar-refractivity contribution is 0.1000. The van der Waals surface area contributed by atoms with Gasteiger partial charge in [-0.15, -0.1) is 0 Å². The van der Waals surface area contributed by atoms with Gasteiger partial charge >= 0.3 is 0 Å². The van der Waals surface area contributed by atoms with E-state index >= 15 is 0 Å². The number of benzene rings is 1. The van der Waals surface area contributed by atoms with E-state index in [0.717, 1.165) is 18.6 Å². The van der Waals surface area contributed by atoms with Gasteiger partial charge in [0.1, 0.15) is 11.6 Å². The fourth-order valence-electron chi connectivity index (χ4n) is 3.18. The summed E-state index contributed by atoms with van der Waals surface area (Å²) in [6.45, 7) is 0.704. The van der Waals surface area contributed by atoms with E-state index < -0.39 is 5.91 Å². The Labute approximate surface area is 146 Å². The van der Waals surface area contributed by atoms with Crippen molar-refractivity contribution in [1.29, 1.82) is 0 Å². The lowest BCUT2D eigenvalue weighted by Crippen LogP contribution is -2.41. The third-order valence-corrected chi connectivity index (χ3v) is 5.00. The Morgan fingerprint density at radius 2 is 2.17 bits per heavy atom. The van der Waals surface area contributed by atoms with Crippen LogP contribution in [0.2, 0.25) is 5.02 Å². The van der Waals surface area contributed by atoms with Crippen LogP contribution in [0.4, 0.5) is 5.82 Å². The minimum absolute atomic E-state index is 0.0139. The number of rotatable bonds is 6. The predicted octanol–water partition coefficient (Wildman–Crippen LogP) is 3.38. The topological polar surface area (TPSA) is 77.2 Å². The molecule has 0 saturated heterocycles. The Hall–Kier alpha value is -2.27. The van der Waals surface area contributed by atoms with Crippen molar-refractivity contribution in [3.63, 3.8) is 0 Å². The SMILES string of the molecule is COc1ccccc1C1(CNc2ncc(C(N)=O)cc2Cl)CCC1. The van der Waals surface area contributed by atoms with E-state index in [4.69, 9.17) is 22.1 Å². The van der Waals surface area contributed by atoms with Crippen molar-refractivity contribution in [1.82, 2.24) is 4.98 Å². The molecule has 1 saturated carbocycles. The second kappa shape index (κ2) is 6.69. The molecule has 0 radical (unpaired) electrons. The van der Waals surface area contributed by atoms with Crippen molar-refractivity contribution >= 4 is 23.3 Å². The average Bonchev–Trinajstić information content (AvgIpc) is 2.55. The molecule has 3 N–H and O–H groups in total. The molecule has 1 aromatic carbocycles. The first kappa shape index (κ1) is 16.6. The summed E-state index contributed by atoms with van der Waals surface area (Å²) in [5, 5.41) is 3.71. The molecule has 1 aliphatic carbocycles. The zero-order valence-electron chi connectivity index (χ0n) is 13.5. The van der Waals surface area contributed by atoms with Crippen LogP contribution in [0.5, 0.6) is 5.75 Å². The van der Waals surface area contributed by atoms with Crippen LogP contribution in [0, 0.1) is 0 Å². The summed E-state index contributed by atoms with van der Waals surface area (Å²) in [6.07, 6.45) is 4.78. The molecule has 2 aromatic rings. The van der Waals surface area contributed by atoms with E-state index in [-0.39, 0.29) is 5.41 Å². The number of hydrogen-bond donors (Lipinski definition) is 2. The number of halogens is 1. The first-order valence-corrected chi connectivity index (χ1v) is 8.26. The van der Waals surface area contributed by atoms with Crippen molar-refractivity contribution in [2.45, 2.75) is 24.7 Å². The molecule has 1 heterocycles. The third kappa shape index (κ3) is 3.04. The summed E-state index contributed by atoms with van der Waals surface area (Å²) in [6, 6.07) is 9.65. The van der Waals surface area contributed by atoms with Gasteiger partial charge < -0.3 is 15.8 Å². The first-order chi connectivity index (χ1) is 11.6. The molecule has 126 valence electrons. The molecular formula is C18H20ClN3O2. The van der Waals surface area contributed by atoms with Crippen molar-refractivity contribution in [3.8, 4) is 5.75 Å². The van der Waals surface area contributed by atoms with E-state index in [0.29, 0.717) is 22.9 Å². The smallest absolute Gasteiger partial charge is 0.250 e. The molecule has 0 unspecified atom stereocenters. The lowest BCUT2D eigenvalue weighted by atomic mass is 9.64. The Morgan fingerprint density at radius 1 is 1.42 bits per heavy atom. The van der Waals surface area contributed by atoms with E-state index in [1.54, 1.807) is 7.11 Å². The second-order valence-corrected chi connectivity index (χ2v) is 6.51. The van der Waals surface area contributed by atoms with Gasteiger partial charge in [-0.1, -0.05) is 36.2 Å². The molecule has 0 spiro atoms. The molecule has 0 atom stereocenters. The van der Waals surface area contributed by atoms with Crippen LogP contribution in [-0.2, 0) is 5.41 Å². The number of nitrogens with one attached hydrogen (secondary N) is 1. The van der Waals surface area contributed by atoms with Gasteiger partial charge in [-0.05, 0) is 25.0 Å². The zero-order valence-corrected chi connectivity index (χ0v) is 14.3. The maximum Gasteiger partial charge on any atom is 0.250 e. The number of methoxy groups -OCH3 is 1. The normalized spacial score (nSPS) is 15.4. The number of amides is 1. The highest BCUT2D eigenvalue weighted by molar-refractivity contribution is 6.33. The van der Waals surface area contributed by atoms with Gasteiger partial charge in [-0.25, -0.2) is 4.98 Å². The number of nitrogens with zero attached hydrogens (tertiary/aromatic N) is 1. The number of hydrogen-bond acceptors (Lipinski definition) is 4. The largest absolute Gasteiger partial charge is 0.496 e. The molecule has 6 heteroatoms. The van der Waals surface area contributed by atoms with Crippen molar-refractivity contribution in [2.75, 3.05) is 19.0 Å². The highest BCUT2D eigenvalue weighted by Gasteiger charge is 2.40. The Bertz CT molecular complexity index is 760. The van der Waals surface area contributed by atoms with E-state index in [9.17, 15) is 4.79 Å². The van der Waals surface area contributed by atoms with Crippen LogP contribution < -0.4 is 15.8 Å². The van der Waals surface area contributed by atoms with Crippen LogP contribution in [0.25, 0.3) is 0 Å². The van der Waals surface area contributed by atoms with E-state index in [1.165, 1.54) is 24.2 Å². The van der Waals surface area contributed by atoms with E-state index in [2.05, 4.69) is 16.4 Å². The minimum atomic E-state index is -0.541. The van der Waals surface area contributed by atoms with E-state index in [1.807, 2.05) is 18.2 Å². The molecule has 1 amide bonds. The molecule has 0 aliphatic heterocycles. The van der Waals surface area contributed by atoms with Crippen LogP contribution in [0.15, 0.2) is 36.5 Å². The number of ether oxygens (including phenoxy) is 1. The lowest BCUT2D eigenvalue weighted by Gasteiger charge is -2.43. The fraction of sp³-hybridized carbons (Fsp3) is 0.333. The van der Waals surface area contributed by atoms with Crippen molar-refractivity contribution in [2.24, 2.45) is 5.73 Å². The van der Waals surface area contributed by atoms with Crippen LogP contribution in [0.3, 0.4) is 0 Å². The summed E-state index contributed by atoms with van der Waals surface area (Å²) in [7, 11) is 1.69. The van der Waals surface area contributed by atoms with Gasteiger partial charge in [0.05, 0.1) is 17.7 Å². The molecule has 24 heavy (non-hydrogen) atoms. The Morgan fingerprint density at radius 3 is 2.75 bits per heavy atom. The van der Waals surface area contributed by atoms with Gasteiger partial charge in [-0.3, -0.25) is 4.79 Å². The van der Waals surface area contributed by atoms with Gasteiger partial charge in [0.25, 0.3) is 0 Å². The highest BCUT2D eigenvalue weighted by Crippen LogP contribution is 2.47. The number of anilines is 1. The van der Waals surface area contributed by atoms with Gasteiger partial charge in [-0.2, -0.15) is 0 Å². The Balaban J connectivity index is 1.81. The summed E-state index contributed by atoms with van der Waals surface area (Å²) in [4.78, 5) is 15.4. The number of carbonyl (C=O) groups is 1. The average molecular weight is 346 g/mol. The molecule has 1 aromatic heterocycles. The second-order valence-electron chi connectivity index (χ2n) is 6.11. The zero-order chi connectivity index (χ0) is 17.2. The minimum Gasteiger partial charge on any atom is -0.496 e. The highest BCUT2D eigenvalue weighted by atomic mass is 35.5. The predicted molar refractivity (Wildman–Crippen MR) is 94.8 cm³/mol. The standard InChI is InChI=1S/C18H20ClN3O2/c1-24-15-6-3-2-5-13(15)18(7-4-8-18)11-22-17-14(19)9-12(10-21-17)16(20)23/h2-3,5-6,9-10H,4,7-8,11H2,1H3,(H2,20,23)(H,21,22). The van der Waals surface area contributed by atoms with Gasteiger partial charge in [0.15, 0.2) is 0 Å². The van der Waals surface area contributed by atoms with Crippen LogP contribution >= 0.6 is 11.6 Å².